The van der Waals surface area contributed by atoms with Crippen molar-refractivity contribution in [2.45, 2.75) is 0 Å². The second kappa shape index (κ2) is 3.93. The summed E-state index contributed by atoms with van der Waals surface area (Å²) in [5.41, 5.74) is 6.87. The fraction of sp³-hybridized carbons (Fsp3) is 0.182. The number of hydrogen-bond donors (Lipinski definition) is 1. The molecule has 15 heavy (non-hydrogen) atoms. The fourth-order valence-electron chi connectivity index (χ4n) is 1.38. The quantitative estimate of drug-likeness (QED) is 0.696. The molecular formula is C11H10N2O2. The number of hydrogen-bond acceptors (Lipinski definition) is 4. The molecule has 0 amide bonds. The Kier molecular flexibility index (Phi) is 2.46. The molecule has 0 bridgehead atoms. The molecule has 76 valence electrons. The zero-order valence-electron chi connectivity index (χ0n) is 8.06. The van der Waals surface area contributed by atoms with E-state index >= 15 is 0 Å². The van der Waals surface area contributed by atoms with Gasteiger partial charge in [-0.2, -0.15) is 5.26 Å². The predicted octanol–water partition coefficient (Wildman–Crippen LogP) is 1.28. The van der Waals surface area contributed by atoms with E-state index in [1.807, 2.05) is 6.07 Å². The second-order valence-corrected chi connectivity index (χ2v) is 3.09. The molecule has 0 saturated heterocycles. The third kappa shape index (κ3) is 1.86. The molecule has 0 saturated carbocycles. The number of fused-ring (bicyclic) bond motifs is 1. The highest BCUT2D eigenvalue weighted by Crippen LogP contribution is 2.31. The summed E-state index contributed by atoms with van der Waals surface area (Å²) >= 11 is 0. The molecule has 1 aliphatic rings. The van der Waals surface area contributed by atoms with Crippen molar-refractivity contribution in [3.05, 3.63) is 29.8 Å². The van der Waals surface area contributed by atoms with Crippen LogP contribution in [0.4, 0.5) is 0 Å². The predicted molar refractivity (Wildman–Crippen MR) is 55.2 cm³/mol. The highest BCUT2D eigenvalue weighted by Gasteiger charge is 2.12. The Labute approximate surface area is 87.5 Å². The van der Waals surface area contributed by atoms with Gasteiger partial charge < -0.3 is 15.2 Å². The van der Waals surface area contributed by atoms with E-state index in [1.165, 1.54) is 6.08 Å². The first-order chi connectivity index (χ1) is 7.31. The van der Waals surface area contributed by atoms with Crippen LogP contribution in [0.1, 0.15) is 5.56 Å². The van der Waals surface area contributed by atoms with Gasteiger partial charge in [-0.3, -0.25) is 0 Å². The highest BCUT2D eigenvalue weighted by molar-refractivity contribution is 5.67. The van der Waals surface area contributed by atoms with Crippen LogP contribution in [0, 0.1) is 11.3 Å². The molecule has 0 spiro atoms. The molecule has 0 unspecified atom stereocenters. The first kappa shape index (κ1) is 9.41. The van der Waals surface area contributed by atoms with E-state index in [0.29, 0.717) is 24.7 Å². The number of allylic oxidation sites excluding steroid dienone is 1. The summed E-state index contributed by atoms with van der Waals surface area (Å²) in [6, 6.07) is 7.26. The van der Waals surface area contributed by atoms with E-state index in [9.17, 15) is 0 Å². The van der Waals surface area contributed by atoms with Gasteiger partial charge in [0, 0.05) is 17.3 Å². The molecule has 1 heterocycles. The molecule has 0 aliphatic carbocycles. The third-order valence-electron chi connectivity index (χ3n) is 2.10. The Morgan fingerprint density at radius 1 is 1.33 bits per heavy atom. The molecule has 4 nitrogen and oxygen atoms in total. The molecular weight excluding hydrogens is 192 g/mol. The highest BCUT2D eigenvalue weighted by atomic mass is 16.6. The Morgan fingerprint density at radius 2 is 2.07 bits per heavy atom. The summed E-state index contributed by atoms with van der Waals surface area (Å²) in [6.45, 7) is 1.11. The van der Waals surface area contributed by atoms with Crippen molar-refractivity contribution in [3.63, 3.8) is 0 Å². The normalized spacial score (nSPS) is 14.5. The van der Waals surface area contributed by atoms with Crippen molar-refractivity contribution in [2.75, 3.05) is 13.2 Å². The van der Waals surface area contributed by atoms with Gasteiger partial charge >= 0.3 is 0 Å². The zero-order valence-corrected chi connectivity index (χ0v) is 8.06. The van der Waals surface area contributed by atoms with Crippen LogP contribution in [0.15, 0.2) is 24.3 Å². The summed E-state index contributed by atoms with van der Waals surface area (Å²) in [7, 11) is 0. The van der Waals surface area contributed by atoms with Gasteiger partial charge in [-0.15, -0.1) is 0 Å². The standard InChI is InChI=1S/C11H10N2O2/c12-4-3-9(13)8-1-2-10-11(7-8)15-6-5-14-10/h1-3,7H,5-6,13H2/b9-3+. The van der Waals surface area contributed by atoms with Gasteiger partial charge in [-0.25, -0.2) is 0 Å². The largest absolute Gasteiger partial charge is 0.486 e. The lowest BCUT2D eigenvalue weighted by Crippen LogP contribution is -2.15. The number of benzene rings is 1. The van der Waals surface area contributed by atoms with Crippen LogP contribution < -0.4 is 15.2 Å². The molecule has 0 fully saturated rings. The van der Waals surface area contributed by atoms with Crippen LogP contribution in [0.2, 0.25) is 0 Å². The van der Waals surface area contributed by atoms with Gasteiger partial charge in [0.05, 0.1) is 6.07 Å². The second-order valence-electron chi connectivity index (χ2n) is 3.09. The molecule has 1 aromatic carbocycles. The molecule has 0 radical (unpaired) electrons. The SMILES string of the molecule is N#C/C=C(/N)c1ccc2c(c1)OCCO2. The van der Waals surface area contributed by atoms with Gasteiger partial charge in [0.2, 0.25) is 0 Å². The Bertz CT molecular complexity index is 446. The lowest BCUT2D eigenvalue weighted by atomic mass is 10.1. The number of ether oxygens (including phenoxy) is 2. The monoisotopic (exact) mass is 202 g/mol. The Morgan fingerprint density at radius 3 is 2.80 bits per heavy atom. The van der Waals surface area contributed by atoms with E-state index < -0.39 is 0 Å². The van der Waals surface area contributed by atoms with Crippen LogP contribution in [-0.2, 0) is 0 Å². The van der Waals surface area contributed by atoms with Gasteiger partial charge in [-0.1, -0.05) is 0 Å². The fourth-order valence-corrected chi connectivity index (χ4v) is 1.38. The van der Waals surface area contributed by atoms with Crippen molar-refractivity contribution in [2.24, 2.45) is 5.73 Å². The minimum Gasteiger partial charge on any atom is -0.486 e. The van der Waals surface area contributed by atoms with E-state index in [0.717, 1.165) is 11.3 Å². The first-order valence-electron chi connectivity index (χ1n) is 4.56. The van der Waals surface area contributed by atoms with E-state index in [2.05, 4.69) is 0 Å². The maximum absolute atomic E-state index is 8.47. The van der Waals surface area contributed by atoms with Crippen LogP contribution in [0.3, 0.4) is 0 Å². The molecule has 0 atom stereocenters. The summed E-state index contributed by atoms with van der Waals surface area (Å²) in [6.07, 6.45) is 1.30. The van der Waals surface area contributed by atoms with Crippen molar-refractivity contribution < 1.29 is 9.47 Å². The summed E-state index contributed by atoms with van der Waals surface area (Å²) in [4.78, 5) is 0. The minimum absolute atomic E-state index is 0.425. The maximum Gasteiger partial charge on any atom is 0.162 e. The lowest BCUT2D eigenvalue weighted by molar-refractivity contribution is 0.171. The number of nitrogens with two attached hydrogens (primary N) is 1. The molecule has 1 aromatic rings. The molecule has 2 rings (SSSR count). The van der Waals surface area contributed by atoms with Gasteiger partial charge in [0.15, 0.2) is 11.5 Å². The van der Waals surface area contributed by atoms with Crippen molar-refractivity contribution in [1.29, 1.82) is 5.26 Å². The number of nitrogens with zero attached hydrogens (tertiary/aromatic N) is 1. The van der Waals surface area contributed by atoms with Crippen LogP contribution in [0.5, 0.6) is 11.5 Å². The van der Waals surface area contributed by atoms with Gasteiger partial charge in [-0.05, 0) is 18.2 Å². The van der Waals surface area contributed by atoms with Gasteiger partial charge in [0.25, 0.3) is 0 Å². The van der Waals surface area contributed by atoms with Crippen molar-refractivity contribution in [3.8, 4) is 17.6 Å². The summed E-state index contributed by atoms with van der Waals surface area (Å²) in [5.74, 6) is 1.39. The van der Waals surface area contributed by atoms with E-state index in [4.69, 9.17) is 20.5 Å². The molecule has 2 N–H and O–H groups in total. The van der Waals surface area contributed by atoms with E-state index in [-0.39, 0.29) is 0 Å². The zero-order chi connectivity index (χ0) is 10.7. The summed E-state index contributed by atoms with van der Waals surface area (Å²) in [5, 5.41) is 8.47. The topological polar surface area (TPSA) is 68.3 Å². The lowest BCUT2D eigenvalue weighted by Gasteiger charge is -2.18. The maximum atomic E-state index is 8.47. The van der Waals surface area contributed by atoms with Gasteiger partial charge in [0.1, 0.15) is 13.2 Å². The average molecular weight is 202 g/mol. The van der Waals surface area contributed by atoms with Crippen LogP contribution in [-0.4, -0.2) is 13.2 Å². The Hall–Kier alpha value is -2.15. The molecule has 1 aliphatic heterocycles. The number of rotatable bonds is 1. The van der Waals surface area contributed by atoms with Crippen LogP contribution in [0.25, 0.3) is 5.70 Å². The first-order valence-corrected chi connectivity index (χ1v) is 4.56. The Balaban J connectivity index is 2.37. The van der Waals surface area contributed by atoms with E-state index in [1.54, 1.807) is 18.2 Å². The smallest absolute Gasteiger partial charge is 0.162 e. The van der Waals surface area contributed by atoms with Crippen molar-refractivity contribution in [1.82, 2.24) is 0 Å². The molecule has 0 aromatic heterocycles. The van der Waals surface area contributed by atoms with Crippen LogP contribution >= 0.6 is 0 Å². The molecule has 4 heteroatoms. The summed E-state index contributed by atoms with van der Waals surface area (Å²) < 4.78 is 10.8. The third-order valence-corrected chi connectivity index (χ3v) is 2.10. The minimum atomic E-state index is 0.425. The average Bonchev–Trinajstić information content (AvgIpc) is 2.29. The van der Waals surface area contributed by atoms with Crippen molar-refractivity contribution >= 4 is 5.70 Å². The number of nitriles is 1.